The Labute approximate surface area is 169 Å². The molecule has 156 valence electrons. The van der Waals surface area contributed by atoms with Crippen molar-refractivity contribution in [2.24, 2.45) is 17.3 Å². The van der Waals surface area contributed by atoms with E-state index in [0.717, 1.165) is 58.7 Å². The maximum Gasteiger partial charge on any atom is 0.303 e. The molecule has 5 nitrogen and oxygen atoms in total. The highest BCUT2D eigenvalue weighted by atomic mass is 16.5. The number of likely N-dealkylation sites (tertiary alicyclic amines) is 2. The summed E-state index contributed by atoms with van der Waals surface area (Å²) in [5.41, 5.74) is 1.38. The van der Waals surface area contributed by atoms with Gasteiger partial charge < -0.3 is 19.6 Å². The summed E-state index contributed by atoms with van der Waals surface area (Å²) >= 11 is 0. The van der Waals surface area contributed by atoms with Crippen molar-refractivity contribution in [2.45, 2.75) is 39.7 Å². The Bertz CT molecular complexity index is 622. The van der Waals surface area contributed by atoms with Gasteiger partial charge in [0.1, 0.15) is 0 Å². The van der Waals surface area contributed by atoms with Crippen LogP contribution in [0.4, 0.5) is 0 Å². The molecule has 2 unspecified atom stereocenters. The summed E-state index contributed by atoms with van der Waals surface area (Å²) in [5.74, 6) is 0.604. The van der Waals surface area contributed by atoms with E-state index in [0.29, 0.717) is 24.9 Å². The SMILES string of the molecule is CC(C)CN1CC2CN(CCCOCc3ccccc3)CC2(CCC(=O)O)C1. The highest BCUT2D eigenvalue weighted by Crippen LogP contribution is 2.46. The van der Waals surface area contributed by atoms with E-state index in [2.05, 4.69) is 35.8 Å². The van der Waals surface area contributed by atoms with Gasteiger partial charge in [-0.1, -0.05) is 44.2 Å². The summed E-state index contributed by atoms with van der Waals surface area (Å²) in [5, 5.41) is 9.22. The van der Waals surface area contributed by atoms with Crippen LogP contribution in [0.1, 0.15) is 38.7 Å². The van der Waals surface area contributed by atoms with Crippen LogP contribution in [0.5, 0.6) is 0 Å². The normalized spacial score (nSPS) is 25.5. The molecule has 2 fully saturated rings. The van der Waals surface area contributed by atoms with Crippen molar-refractivity contribution in [3.8, 4) is 0 Å². The summed E-state index contributed by atoms with van der Waals surface area (Å²) in [6, 6.07) is 10.3. The van der Waals surface area contributed by atoms with Crippen LogP contribution in [0, 0.1) is 17.3 Å². The molecule has 2 aliphatic rings. The van der Waals surface area contributed by atoms with E-state index in [9.17, 15) is 9.90 Å². The number of hydrogen-bond donors (Lipinski definition) is 1. The molecule has 1 aromatic rings. The number of aliphatic carboxylic acids is 1. The molecule has 0 spiro atoms. The number of carboxylic acids is 1. The van der Waals surface area contributed by atoms with Gasteiger partial charge in [-0.15, -0.1) is 0 Å². The highest BCUT2D eigenvalue weighted by Gasteiger charge is 2.51. The molecule has 0 radical (unpaired) electrons. The molecule has 2 saturated heterocycles. The van der Waals surface area contributed by atoms with Gasteiger partial charge in [0.25, 0.3) is 0 Å². The number of hydrogen-bond acceptors (Lipinski definition) is 4. The maximum atomic E-state index is 11.2. The van der Waals surface area contributed by atoms with Gasteiger partial charge in [-0.25, -0.2) is 0 Å². The fourth-order valence-corrected chi connectivity index (χ4v) is 5.09. The minimum Gasteiger partial charge on any atom is -0.481 e. The Hall–Kier alpha value is -1.43. The first-order valence-electron chi connectivity index (χ1n) is 10.7. The average Bonchev–Trinajstić information content (AvgIpc) is 3.13. The van der Waals surface area contributed by atoms with Crippen molar-refractivity contribution in [3.63, 3.8) is 0 Å². The third-order valence-electron chi connectivity index (χ3n) is 6.23. The van der Waals surface area contributed by atoms with Crippen LogP contribution in [0.3, 0.4) is 0 Å². The quantitative estimate of drug-likeness (QED) is 0.589. The van der Waals surface area contributed by atoms with Gasteiger partial charge in [-0.3, -0.25) is 4.79 Å². The Balaban J connectivity index is 1.44. The van der Waals surface area contributed by atoms with Gasteiger partial charge >= 0.3 is 5.97 Å². The van der Waals surface area contributed by atoms with Crippen LogP contribution in [0.25, 0.3) is 0 Å². The molecular formula is C23H36N2O3. The number of rotatable bonds is 11. The minimum atomic E-state index is -0.664. The zero-order valence-electron chi connectivity index (χ0n) is 17.5. The van der Waals surface area contributed by atoms with E-state index in [4.69, 9.17) is 4.74 Å². The molecule has 2 atom stereocenters. The van der Waals surface area contributed by atoms with E-state index < -0.39 is 5.97 Å². The van der Waals surface area contributed by atoms with Crippen LogP contribution in [-0.2, 0) is 16.1 Å². The van der Waals surface area contributed by atoms with Gasteiger partial charge in [0, 0.05) is 57.7 Å². The highest BCUT2D eigenvalue weighted by molar-refractivity contribution is 5.66. The lowest BCUT2D eigenvalue weighted by Gasteiger charge is -2.29. The molecule has 0 aromatic heterocycles. The zero-order chi connectivity index (χ0) is 20.0. The summed E-state index contributed by atoms with van der Waals surface area (Å²) in [6.45, 7) is 12.5. The molecular weight excluding hydrogens is 352 g/mol. The fourth-order valence-electron chi connectivity index (χ4n) is 5.09. The lowest BCUT2D eigenvalue weighted by Crippen LogP contribution is -2.36. The molecule has 3 rings (SSSR count). The van der Waals surface area contributed by atoms with E-state index in [-0.39, 0.29) is 5.41 Å². The maximum absolute atomic E-state index is 11.2. The van der Waals surface area contributed by atoms with Crippen molar-refractivity contribution in [3.05, 3.63) is 35.9 Å². The van der Waals surface area contributed by atoms with Gasteiger partial charge in [0.15, 0.2) is 0 Å². The number of carboxylic acid groups (broad SMARTS) is 1. The standard InChI is InChI=1S/C23H36N2O3/c1-19(2)13-25-15-21-14-24(17-23(21,18-25)10-9-22(26)27)11-6-12-28-16-20-7-4-3-5-8-20/h3-5,7-8,19,21H,6,9-18H2,1-2H3,(H,26,27). The van der Waals surface area contributed by atoms with Crippen molar-refractivity contribution in [1.82, 2.24) is 9.80 Å². The van der Waals surface area contributed by atoms with Crippen molar-refractivity contribution in [2.75, 3.05) is 45.9 Å². The molecule has 1 aromatic carbocycles. The van der Waals surface area contributed by atoms with E-state index in [1.807, 2.05) is 18.2 Å². The van der Waals surface area contributed by atoms with E-state index in [1.165, 1.54) is 5.56 Å². The number of benzene rings is 1. The van der Waals surface area contributed by atoms with E-state index in [1.54, 1.807) is 0 Å². The number of carbonyl (C=O) groups is 1. The third-order valence-corrected chi connectivity index (χ3v) is 6.23. The average molecular weight is 389 g/mol. The summed E-state index contributed by atoms with van der Waals surface area (Å²) in [6.07, 6.45) is 2.13. The second kappa shape index (κ2) is 9.86. The Morgan fingerprint density at radius 1 is 1.21 bits per heavy atom. The largest absolute Gasteiger partial charge is 0.481 e. The van der Waals surface area contributed by atoms with Crippen molar-refractivity contribution >= 4 is 5.97 Å². The Morgan fingerprint density at radius 2 is 1.93 bits per heavy atom. The van der Waals surface area contributed by atoms with Crippen LogP contribution in [0.2, 0.25) is 0 Å². The van der Waals surface area contributed by atoms with Gasteiger partial charge in [-0.2, -0.15) is 0 Å². The van der Waals surface area contributed by atoms with Crippen molar-refractivity contribution < 1.29 is 14.6 Å². The molecule has 28 heavy (non-hydrogen) atoms. The molecule has 5 heteroatoms. The predicted octanol–water partition coefficient (Wildman–Crippen LogP) is 3.35. The van der Waals surface area contributed by atoms with Gasteiger partial charge in [-0.05, 0) is 30.2 Å². The monoisotopic (exact) mass is 388 g/mol. The first-order chi connectivity index (χ1) is 13.5. The summed E-state index contributed by atoms with van der Waals surface area (Å²) in [7, 11) is 0. The third kappa shape index (κ3) is 5.79. The molecule has 0 saturated carbocycles. The lowest BCUT2D eigenvalue weighted by molar-refractivity contribution is -0.137. The predicted molar refractivity (Wildman–Crippen MR) is 111 cm³/mol. The van der Waals surface area contributed by atoms with Crippen LogP contribution < -0.4 is 0 Å². The number of nitrogens with zero attached hydrogens (tertiary/aromatic N) is 2. The fraction of sp³-hybridized carbons (Fsp3) is 0.696. The van der Waals surface area contributed by atoms with Crippen molar-refractivity contribution in [1.29, 1.82) is 0 Å². The van der Waals surface area contributed by atoms with Crippen LogP contribution in [-0.4, -0.2) is 66.8 Å². The second-order valence-electron chi connectivity index (χ2n) is 9.17. The number of ether oxygens (including phenoxy) is 1. The lowest BCUT2D eigenvalue weighted by atomic mass is 9.77. The Kier molecular flexibility index (Phi) is 7.49. The molecule has 0 bridgehead atoms. The van der Waals surface area contributed by atoms with E-state index >= 15 is 0 Å². The Morgan fingerprint density at radius 3 is 2.64 bits per heavy atom. The molecule has 1 N–H and O–H groups in total. The first kappa shape index (κ1) is 21.3. The summed E-state index contributed by atoms with van der Waals surface area (Å²) in [4.78, 5) is 16.3. The molecule has 0 aliphatic carbocycles. The van der Waals surface area contributed by atoms with Gasteiger partial charge in [0.2, 0.25) is 0 Å². The van der Waals surface area contributed by atoms with Crippen LogP contribution in [0.15, 0.2) is 30.3 Å². The minimum absolute atomic E-state index is 0.165. The second-order valence-corrected chi connectivity index (χ2v) is 9.17. The molecule has 2 aliphatic heterocycles. The van der Waals surface area contributed by atoms with Crippen LogP contribution >= 0.6 is 0 Å². The summed E-state index contributed by atoms with van der Waals surface area (Å²) < 4.78 is 5.83. The van der Waals surface area contributed by atoms with Gasteiger partial charge in [0.05, 0.1) is 6.61 Å². The number of fused-ring (bicyclic) bond motifs is 1. The zero-order valence-corrected chi connectivity index (χ0v) is 17.5. The topological polar surface area (TPSA) is 53.0 Å². The first-order valence-corrected chi connectivity index (χ1v) is 10.7. The smallest absolute Gasteiger partial charge is 0.303 e. The molecule has 2 heterocycles. The molecule has 0 amide bonds.